The van der Waals surface area contributed by atoms with Gasteiger partial charge in [-0.3, -0.25) is 0 Å². The summed E-state index contributed by atoms with van der Waals surface area (Å²) in [4.78, 5) is 15.8. The highest BCUT2D eigenvalue weighted by Crippen LogP contribution is 2.47. The van der Waals surface area contributed by atoms with Crippen LogP contribution in [0.1, 0.15) is 71.2 Å². The fourth-order valence-corrected chi connectivity index (χ4v) is 11.9. The SMILES string of the molecule is CC(C)(C)c1nc(-c2cc(-n3c4ccccc4c4c3ccc3c5ccccc5n(-c5ccccc5)c34)c(C#N)c(-n3c4ccccc4c4c3ccc3c5ccccc5n(C5C=CC=CC5)c34)c2)nc(C(C)(C)C)n1. The van der Waals surface area contributed by atoms with Crippen molar-refractivity contribution in [3.8, 4) is 34.5 Å². The first kappa shape index (κ1) is 43.7. The van der Waals surface area contributed by atoms with Crippen molar-refractivity contribution in [2.24, 2.45) is 0 Å². The number of allylic oxidation sites excluding steroid dienone is 4. The molecule has 1 aliphatic rings. The van der Waals surface area contributed by atoms with Crippen molar-refractivity contribution in [2.75, 3.05) is 0 Å². The third-order valence-electron chi connectivity index (χ3n) is 15.2. The van der Waals surface area contributed by atoms with E-state index in [0.29, 0.717) is 23.0 Å². The zero-order valence-electron chi connectivity index (χ0n) is 42.3. The lowest BCUT2D eigenvalue weighted by molar-refractivity contribution is 0.497. The maximum absolute atomic E-state index is 12.0. The molecule has 8 nitrogen and oxygen atoms in total. The average molecular weight is 957 g/mol. The number of nitrogens with zero attached hydrogens (tertiary/aromatic N) is 8. The summed E-state index contributed by atoms with van der Waals surface area (Å²) in [6.07, 6.45) is 9.78. The Balaban J connectivity index is 1.15. The predicted octanol–water partition coefficient (Wildman–Crippen LogP) is 16.5. The molecule has 14 rings (SSSR count). The van der Waals surface area contributed by atoms with Crippen LogP contribution in [-0.2, 0) is 10.8 Å². The second-order valence-electron chi connectivity index (χ2n) is 21.9. The molecule has 8 aromatic carbocycles. The molecule has 0 fully saturated rings. The van der Waals surface area contributed by atoms with Crippen LogP contribution < -0.4 is 0 Å². The average Bonchev–Trinajstić information content (AvgIpc) is 4.15. The van der Waals surface area contributed by atoms with Gasteiger partial charge in [-0.1, -0.05) is 169 Å². The molecule has 0 aliphatic heterocycles. The number of rotatable bonds is 5. The molecule has 0 saturated carbocycles. The summed E-state index contributed by atoms with van der Waals surface area (Å²) in [7, 11) is 0. The summed E-state index contributed by atoms with van der Waals surface area (Å²) < 4.78 is 9.58. The normalized spacial score (nSPS) is 14.3. The zero-order chi connectivity index (χ0) is 50.2. The van der Waals surface area contributed by atoms with Gasteiger partial charge < -0.3 is 18.3 Å². The summed E-state index contributed by atoms with van der Waals surface area (Å²) >= 11 is 0. The van der Waals surface area contributed by atoms with Crippen LogP contribution in [0.15, 0.2) is 188 Å². The Labute approximate surface area is 428 Å². The van der Waals surface area contributed by atoms with E-state index in [1.807, 2.05) is 0 Å². The van der Waals surface area contributed by atoms with Crippen LogP contribution in [0.2, 0.25) is 0 Å². The van der Waals surface area contributed by atoms with Crippen molar-refractivity contribution < 1.29 is 0 Å². The first-order valence-corrected chi connectivity index (χ1v) is 25.6. The minimum Gasteiger partial charge on any atom is -0.333 e. The molecule has 356 valence electrons. The van der Waals surface area contributed by atoms with Gasteiger partial charge in [-0.25, -0.2) is 15.0 Å². The fraction of sp³-hybridized carbons (Fsp3) is 0.152. The Kier molecular flexibility index (Phi) is 9.43. The quantitative estimate of drug-likeness (QED) is 0.172. The molecule has 1 atom stereocenters. The zero-order valence-corrected chi connectivity index (χ0v) is 42.3. The van der Waals surface area contributed by atoms with Crippen molar-refractivity contribution in [3.63, 3.8) is 0 Å². The van der Waals surface area contributed by atoms with Crippen LogP contribution in [0.25, 0.3) is 116 Å². The van der Waals surface area contributed by atoms with Gasteiger partial charge in [0, 0.05) is 70.7 Å². The molecule has 8 heteroatoms. The van der Waals surface area contributed by atoms with Crippen molar-refractivity contribution >= 4 is 87.2 Å². The van der Waals surface area contributed by atoms with Gasteiger partial charge in [-0.15, -0.1) is 0 Å². The highest BCUT2D eigenvalue weighted by atomic mass is 15.1. The van der Waals surface area contributed by atoms with Crippen molar-refractivity contribution in [1.29, 1.82) is 5.26 Å². The summed E-state index contributed by atoms with van der Waals surface area (Å²) in [5, 5.41) is 21.3. The van der Waals surface area contributed by atoms with Gasteiger partial charge in [0.2, 0.25) is 0 Å². The monoisotopic (exact) mass is 956 g/mol. The van der Waals surface area contributed by atoms with E-state index in [4.69, 9.17) is 15.0 Å². The van der Waals surface area contributed by atoms with Gasteiger partial charge in [-0.05, 0) is 67.1 Å². The fourth-order valence-electron chi connectivity index (χ4n) is 11.9. The van der Waals surface area contributed by atoms with Crippen LogP contribution in [0.5, 0.6) is 0 Å². The molecule has 5 heterocycles. The standard InChI is InChI=1S/C66H52N8/c1-65(2,3)63-68-62(69-64(70-63)66(4,5)6)40-37-56(73-52-31-19-15-27-47(52)58-54(73)35-33-45-43-25-13-17-29-50(43)71(60(45)58)41-21-9-7-10-22-41)49(39-67)57(38-40)74-53-32-20-16-28-48(53)59-55(74)36-34-46-44-26-14-18-30-51(44)72(61(46)59)42-23-11-8-12-24-42/h7-23,25-38,42H,24H2,1-6H3. The topological polar surface area (TPSA) is 82.2 Å². The Bertz CT molecular complexity index is 4580. The Hall–Kier alpha value is -9.06. The van der Waals surface area contributed by atoms with E-state index >= 15 is 0 Å². The van der Waals surface area contributed by atoms with Crippen LogP contribution in [-0.4, -0.2) is 33.2 Å². The van der Waals surface area contributed by atoms with E-state index in [0.717, 1.165) is 89.1 Å². The number of benzene rings is 8. The maximum Gasteiger partial charge on any atom is 0.163 e. The number of para-hydroxylation sites is 5. The van der Waals surface area contributed by atoms with E-state index in [2.05, 4.69) is 254 Å². The lowest BCUT2D eigenvalue weighted by Gasteiger charge is -2.23. The van der Waals surface area contributed by atoms with Gasteiger partial charge in [0.15, 0.2) is 5.82 Å². The first-order valence-electron chi connectivity index (χ1n) is 25.6. The number of hydrogen-bond donors (Lipinski definition) is 0. The lowest BCUT2D eigenvalue weighted by Crippen LogP contribution is -2.24. The van der Waals surface area contributed by atoms with Crippen molar-refractivity contribution in [2.45, 2.75) is 64.8 Å². The third kappa shape index (κ3) is 6.35. The lowest BCUT2D eigenvalue weighted by atomic mass is 9.93. The maximum atomic E-state index is 12.0. The summed E-state index contributed by atoms with van der Waals surface area (Å²) in [6.45, 7) is 12.9. The molecule has 0 radical (unpaired) electrons. The van der Waals surface area contributed by atoms with Crippen LogP contribution in [0.4, 0.5) is 0 Å². The molecule has 1 aliphatic carbocycles. The summed E-state index contributed by atoms with van der Waals surface area (Å²) in [6, 6.07) is 61.7. The van der Waals surface area contributed by atoms with Crippen LogP contribution in [0, 0.1) is 11.3 Å². The number of aromatic nitrogens is 7. The molecular weight excluding hydrogens is 905 g/mol. The second-order valence-corrected chi connectivity index (χ2v) is 21.9. The van der Waals surface area contributed by atoms with Gasteiger partial charge in [-0.2, -0.15) is 5.26 Å². The number of fused-ring (bicyclic) bond motifs is 14. The first-order chi connectivity index (χ1) is 36.0. The number of hydrogen-bond acceptors (Lipinski definition) is 4. The molecule has 5 aromatic heterocycles. The van der Waals surface area contributed by atoms with Crippen molar-refractivity contribution in [1.82, 2.24) is 33.2 Å². The van der Waals surface area contributed by atoms with Gasteiger partial charge in [0.25, 0.3) is 0 Å². The van der Waals surface area contributed by atoms with Gasteiger partial charge >= 0.3 is 0 Å². The molecule has 74 heavy (non-hydrogen) atoms. The van der Waals surface area contributed by atoms with E-state index < -0.39 is 0 Å². The van der Waals surface area contributed by atoms with Crippen LogP contribution in [0.3, 0.4) is 0 Å². The highest BCUT2D eigenvalue weighted by molar-refractivity contribution is 6.27. The molecule has 0 amide bonds. The molecular formula is C66H52N8. The third-order valence-corrected chi connectivity index (χ3v) is 15.2. The smallest absolute Gasteiger partial charge is 0.163 e. The minimum atomic E-state index is -0.370. The predicted molar refractivity (Wildman–Crippen MR) is 305 cm³/mol. The van der Waals surface area contributed by atoms with E-state index in [1.54, 1.807) is 0 Å². The summed E-state index contributed by atoms with van der Waals surface area (Å²) in [5.74, 6) is 1.99. The van der Waals surface area contributed by atoms with Gasteiger partial charge in [0.1, 0.15) is 23.3 Å². The van der Waals surface area contributed by atoms with Gasteiger partial charge in [0.05, 0.1) is 56.0 Å². The molecule has 1 unspecified atom stereocenters. The summed E-state index contributed by atoms with van der Waals surface area (Å²) in [5.41, 5.74) is 11.8. The molecule has 0 bridgehead atoms. The Morgan fingerprint density at radius 2 is 0.959 bits per heavy atom. The molecule has 13 aromatic rings. The Morgan fingerprint density at radius 3 is 1.50 bits per heavy atom. The van der Waals surface area contributed by atoms with E-state index in [-0.39, 0.29) is 16.9 Å². The molecule has 0 N–H and O–H groups in total. The Morgan fingerprint density at radius 1 is 0.473 bits per heavy atom. The highest BCUT2D eigenvalue weighted by Gasteiger charge is 2.30. The van der Waals surface area contributed by atoms with E-state index in [1.165, 1.54) is 27.2 Å². The van der Waals surface area contributed by atoms with Crippen molar-refractivity contribution in [3.05, 3.63) is 205 Å². The van der Waals surface area contributed by atoms with Crippen LogP contribution >= 0.6 is 0 Å². The molecule has 0 saturated heterocycles. The largest absolute Gasteiger partial charge is 0.333 e. The van der Waals surface area contributed by atoms with E-state index in [9.17, 15) is 5.26 Å². The minimum absolute atomic E-state index is 0.125. The molecule has 0 spiro atoms. The second kappa shape index (κ2) is 16.0. The number of nitriles is 1.